The zero-order valence-electron chi connectivity index (χ0n) is 18.4. The van der Waals surface area contributed by atoms with E-state index in [0.29, 0.717) is 23.8 Å². The van der Waals surface area contributed by atoms with Crippen molar-refractivity contribution in [2.24, 2.45) is 17.3 Å². The van der Waals surface area contributed by atoms with Crippen molar-refractivity contribution in [3.05, 3.63) is 58.2 Å². The fourth-order valence-corrected chi connectivity index (χ4v) is 7.11. The highest BCUT2D eigenvalue weighted by Crippen LogP contribution is 2.64. The molecule has 0 aromatic heterocycles. The van der Waals surface area contributed by atoms with Crippen LogP contribution in [0, 0.1) is 17.3 Å². The molecule has 4 nitrogen and oxygen atoms in total. The van der Waals surface area contributed by atoms with Gasteiger partial charge in [-0.05, 0) is 73.1 Å². The van der Waals surface area contributed by atoms with E-state index in [-0.39, 0.29) is 29.2 Å². The Bertz CT molecular complexity index is 999. The summed E-state index contributed by atoms with van der Waals surface area (Å²) in [6.07, 6.45) is 9.16. The minimum atomic E-state index is -0.192. The molecule has 2 fully saturated rings. The number of allylic oxidation sites excluding steroid dienone is 4. The standard InChI is InChI=1S/C27H30O4/c1-16(29)31-25-12-11-24-22-9-7-19-13-20(30)8-10-21(19)26(22)23(14-27(24,25)2)18-5-3-17(15-28)4-6-18/h3-6,13,15,22-25H,7-12,14H2,1-2H3/t22-,23+,24-,25-,27-/m0/s1. The summed E-state index contributed by atoms with van der Waals surface area (Å²) in [6, 6.07) is 7.98. The summed E-state index contributed by atoms with van der Waals surface area (Å²) in [7, 11) is 0. The Morgan fingerprint density at radius 1 is 1.10 bits per heavy atom. The number of rotatable bonds is 3. The number of ketones is 1. The number of carbonyl (C=O) groups excluding carboxylic acids is 3. The third-order valence-corrected chi connectivity index (χ3v) is 8.43. The summed E-state index contributed by atoms with van der Waals surface area (Å²) in [5.74, 6) is 1.26. The number of carbonyl (C=O) groups is 3. The maximum Gasteiger partial charge on any atom is 0.302 e. The van der Waals surface area contributed by atoms with Gasteiger partial charge < -0.3 is 4.74 Å². The first-order chi connectivity index (χ1) is 14.9. The van der Waals surface area contributed by atoms with E-state index in [2.05, 4.69) is 19.1 Å². The summed E-state index contributed by atoms with van der Waals surface area (Å²) in [5, 5.41) is 0. The van der Waals surface area contributed by atoms with Crippen molar-refractivity contribution in [2.75, 3.05) is 0 Å². The molecule has 0 aliphatic heterocycles. The summed E-state index contributed by atoms with van der Waals surface area (Å²) in [4.78, 5) is 35.1. The molecular formula is C27H30O4. The third-order valence-electron chi connectivity index (χ3n) is 8.43. The first-order valence-electron chi connectivity index (χ1n) is 11.6. The lowest BCUT2D eigenvalue weighted by atomic mass is 9.53. The van der Waals surface area contributed by atoms with Gasteiger partial charge in [0.1, 0.15) is 12.4 Å². The molecule has 5 rings (SSSR count). The van der Waals surface area contributed by atoms with Crippen molar-refractivity contribution in [3.63, 3.8) is 0 Å². The Kier molecular flexibility index (Phi) is 4.99. The largest absolute Gasteiger partial charge is 0.462 e. The Morgan fingerprint density at radius 3 is 2.58 bits per heavy atom. The van der Waals surface area contributed by atoms with E-state index in [1.807, 2.05) is 18.2 Å². The summed E-state index contributed by atoms with van der Waals surface area (Å²) in [6.45, 7) is 3.83. The number of hydrogen-bond acceptors (Lipinski definition) is 4. The van der Waals surface area contributed by atoms with Crippen LogP contribution in [0.3, 0.4) is 0 Å². The van der Waals surface area contributed by atoms with Crippen LogP contribution in [0.4, 0.5) is 0 Å². The van der Waals surface area contributed by atoms with Crippen LogP contribution in [0.5, 0.6) is 0 Å². The maximum atomic E-state index is 12.1. The van der Waals surface area contributed by atoms with Crippen LogP contribution in [0.15, 0.2) is 47.1 Å². The van der Waals surface area contributed by atoms with Gasteiger partial charge in [0.15, 0.2) is 5.78 Å². The summed E-state index contributed by atoms with van der Waals surface area (Å²) >= 11 is 0. The fourth-order valence-electron chi connectivity index (χ4n) is 7.11. The third kappa shape index (κ3) is 3.31. The van der Waals surface area contributed by atoms with Gasteiger partial charge in [0.05, 0.1) is 0 Å². The van der Waals surface area contributed by atoms with Crippen LogP contribution in [0.25, 0.3) is 0 Å². The SMILES string of the molecule is CC(=O)O[C@H]1CC[C@H]2[C@@H]3CCC4=CC(=O)CCC4=C3[C@@H](c3ccc(C=O)cc3)C[C@]12C. The molecule has 0 spiro atoms. The van der Waals surface area contributed by atoms with E-state index >= 15 is 0 Å². The van der Waals surface area contributed by atoms with Gasteiger partial charge >= 0.3 is 5.97 Å². The highest BCUT2D eigenvalue weighted by Gasteiger charge is 2.57. The molecule has 5 atom stereocenters. The molecule has 0 N–H and O–H groups in total. The molecule has 0 bridgehead atoms. The second-order valence-electron chi connectivity index (χ2n) is 10.0. The first-order valence-corrected chi connectivity index (χ1v) is 11.6. The van der Waals surface area contributed by atoms with Gasteiger partial charge in [-0.2, -0.15) is 0 Å². The Morgan fingerprint density at radius 2 is 1.87 bits per heavy atom. The normalized spacial score (nSPS) is 34.4. The van der Waals surface area contributed by atoms with Gasteiger partial charge in [-0.3, -0.25) is 14.4 Å². The Labute approximate surface area is 183 Å². The minimum Gasteiger partial charge on any atom is -0.462 e. The lowest BCUT2D eigenvalue weighted by Crippen LogP contribution is -2.46. The van der Waals surface area contributed by atoms with E-state index in [4.69, 9.17) is 4.74 Å². The fraction of sp³-hybridized carbons (Fsp3) is 0.519. The lowest BCUT2D eigenvalue weighted by molar-refractivity contribution is -0.154. The van der Waals surface area contributed by atoms with Crippen LogP contribution in [-0.4, -0.2) is 24.1 Å². The van der Waals surface area contributed by atoms with Crippen molar-refractivity contribution in [2.45, 2.75) is 70.8 Å². The van der Waals surface area contributed by atoms with Crippen LogP contribution < -0.4 is 0 Å². The number of ether oxygens (including phenoxy) is 1. The quantitative estimate of drug-likeness (QED) is 0.492. The van der Waals surface area contributed by atoms with Gasteiger partial charge in [0.25, 0.3) is 0 Å². The molecule has 4 heteroatoms. The molecule has 2 saturated carbocycles. The number of fused-ring (bicyclic) bond motifs is 4. The molecule has 31 heavy (non-hydrogen) atoms. The van der Waals surface area contributed by atoms with Crippen LogP contribution in [0.1, 0.15) is 80.6 Å². The van der Waals surface area contributed by atoms with Gasteiger partial charge in [-0.15, -0.1) is 0 Å². The van der Waals surface area contributed by atoms with E-state index in [1.54, 1.807) is 0 Å². The summed E-state index contributed by atoms with van der Waals surface area (Å²) in [5.41, 5.74) is 6.04. The van der Waals surface area contributed by atoms with E-state index in [9.17, 15) is 14.4 Å². The number of hydrogen-bond donors (Lipinski definition) is 0. The van der Waals surface area contributed by atoms with Crippen molar-refractivity contribution in [3.8, 4) is 0 Å². The number of esters is 1. The molecule has 0 amide bonds. The second kappa shape index (κ2) is 7.58. The average molecular weight is 419 g/mol. The van der Waals surface area contributed by atoms with Crippen molar-refractivity contribution in [1.29, 1.82) is 0 Å². The average Bonchev–Trinajstić information content (AvgIpc) is 3.08. The maximum absolute atomic E-state index is 12.1. The van der Waals surface area contributed by atoms with Gasteiger partial charge in [-0.25, -0.2) is 0 Å². The smallest absolute Gasteiger partial charge is 0.302 e. The van der Waals surface area contributed by atoms with E-state index < -0.39 is 0 Å². The van der Waals surface area contributed by atoms with Crippen LogP contribution in [0.2, 0.25) is 0 Å². The molecule has 4 aliphatic rings. The zero-order valence-corrected chi connectivity index (χ0v) is 18.4. The predicted octanol–water partition coefficient (Wildman–Crippen LogP) is 5.33. The Balaban J connectivity index is 1.63. The number of benzene rings is 1. The predicted molar refractivity (Wildman–Crippen MR) is 118 cm³/mol. The molecule has 0 unspecified atom stereocenters. The minimum absolute atomic E-state index is 0.0387. The lowest BCUT2D eigenvalue weighted by Gasteiger charge is -2.52. The summed E-state index contributed by atoms with van der Waals surface area (Å²) < 4.78 is 5.85. The van der Waals surface area contributed by atoms with Gasteiger partial charge in [0, 0.05) is 30.2 Å². The molecule has 0 saturated heterocycles. The Hall–Kier alpha value is -2.49. The molecule has 4 aliphatic carbocycles. The van der Waals surface area contributed by atoms with Gasteiger partial charge in [-0.1, -0.05) is 36.8 Å². The topological polar surface area (TPSA) is 60.4 Å². The zero-order chi connectivity index (χ0) is 21.8. The van der Waals surface area contributed by atoms with Gasteiger partial charge in [0.2, 0.25) is 0 Å². The van der Waals surface area contributed by atoms with Crippen LogP contribution in [-0.2, 0) is 14.3 Å². The van der Waals surface area contributed by atoms with E-state index in [0.717, 1.165) is 44.8 Å². The van der Waals surface area contributed by atoms with Crippen LogP contribution >= 0.6 is 0 Å². The first kappa shape index (κ1) is 20.4. The highest BCUT2D eigenvalue weighted by molar-refractivity contribution is 5.93. The second-order valence-corrected chi connectivity index (χ2v) is 10.0. The molecule has 1 aromatic carbocycles. The molecule has 1 aromatic rings. The van der Waals surface area contributed by atoms with E-state index in [1.165, 1.54) is 29.2 Å². The van der Waals surface area contributed by atoms with Crippen molar-refractivity contribution < 1.29 is 19.1 Å². The van der Waals surface area contributed by atoms with Crippen molar-refractivity contribution >= 4 is 18.0 Å². The molecule has 0 radical (unpaired) electrons. The molecule has 162 valence electrons. The molecule has 0 heterocycles. The number of aldehydes is 1. The monoisotopic (exact) mass is 418 g/mol. The molecular weight excluding hydrogens is 388 g/mol. The highest BCUT2D eigenvalue weighted by atomic mass is 16.5. The van der Waals surface area contributed by atoms with Crippen molar-refractivity contribution in [1.82, 2.24) is 0 Å².